The summed E-state index contributed by atoms with van der Waals surface area (Å²) in [6.07, 6.45) is 6.28. The van der Waals surface area contributed by atoms with Crippen molar-refractivity contribution in [1.29, 1.82) is 0 Å². The maximum Gasteiger partial charge on any atom is 0.247 e. The number of fused-ring (bicyclic) bond motifs is 1. The van der Waals surface area contributed by atoms with Crippen LogP contribution in [0.25, 0.3) is 0 Å². The van der Waals surface area contributed by atoms with E-state index in [9.17, 15) is 14.4 Å². The highest BCUT2D eigenvalue weighted by Crippen LogP contribution is 2.24. The molecule has 2 aliphatic rings. The third-order valence-corrected chi connectivity index (χ3v) is 6.15. The summed E-state index contributed by atoms with van der Waals surface area (Å²) in [4.78, 5) is 39.7. The number of nitrogens with zero attached hydrogens (tertiary/aromatic N) is 1. The number of carbonyl (C=O) groups is 3. The predicted octanol–water partition coefficient (Wildman–Crippen LogP) is 4.16. The van der Waals surface area contributed by atoms with E-state index in [1.165, 1.54) is 24.0 Å². The zero-order valence-corrected chi connectivity index (χ0v) is 17.2. The SMILES string of the molecule is O=C(CCC(=O)N1CCC[C@H]1C(=O)Nc1ccccc1)c1ccc2c(c1)CCCC2. The van der Waals surface area contributed by atoms with Crippen LogP contribution in [0.3, 0.4) is 0 Å². The number of rotatable bonds is 6. The molecule has 1 saturated heterocycles. The highest BCUT2D eigenvalue weighted by molar-refractivity contribution is 6.00. The van der Waals surface area contributed by atoms with E-state index in [-0.39, 0.29) is 30.4 Å². The minimum Gasteiger partial charge on any atom is -0.331 e. The molecule has 0 radical (unpaired) electrons. The van der Waals surface area contributed by atoms with E-state index in [4.69, 9.17) is 0 Å². The van der Waals surface area contributed by atoms with Gasteiger partial charge in [-0.1, -0.05) is 30.3 Å². The van der Waals surface area contributed by atoms with Crippen molar-refractivity contribution in [3.63, 3.8) is 0 Å². The number of Topliss-reactive ketones (excluding diaryl/α,β-unsaturated/α-hetero) is 1. The van der Waals surface area contributed by atoms with Gasteiger partial charge in [-0.15, -0.1) is 0 Å². The molecule has 1 atom stereocenters. The molecule has 2 amide bonds. The van der Waals surface area contributed by atoms with Crippen molar-refractivity contribution < 1.29 is 14.4 Å². The van der Waals surface area contributed by atoms with Crippen molar-refractivity contribution in [2.24, 2.45) is 0 Å². The molecule has 4 rings (SSSR count). The number of aryl methyl sites for hydroxylation is 2. The Hall–Kier alpha value is -2.95. The normalized spacial score (nSPS) is 18.0. The molecular weight excluding hydrogens is 376 g/mol. The zero-order chi connectivity index (χ0) is 20.9. The van der Waals surface area contributed by atoms with E-state index < -0.39 is 6.04 Å². The lowest BCUT2D eigenvalue weighted by Crippen LogP contribution is -2.43. The maximum absolute atomic E-state index is 12.8. The topological polar surface area (TPSA) is 66.5 Å². The van der Waals surface area contributed by atoms with Crippen LogP contribution in [-0.4, -0.2) is 35.1 Å². The van der Waals surface area contributed by atoms with E-state index in [1.807, 2.05) is 42.5 Å². The quantitative estimate of drug-likeness (QED) is 0.735. The van der Waals surface area contributed by atoms with Gasteiger partial charge in [0.05, 0.1) is 0 Å². The molecule has 0 bridgehead atoms. The van der Waals surface area contributed by atoms with Gasteiger partial charge in [0.2, 0.25) is 11.8 Å². The first-order valence-electron chi connectivity index (χ1n) is 10.9. The van der Waals surface area contributed by atoms with Crippen molar-refractivity contribution in [1.82, 2.24) is 4.90 Å². The summed E-state index contributed by atoms with van der Waals surface area (Å²) in [6, 6.07) is 14.8. The largest absolute Gasteiger partial charge is 0.331 e. The standard InChI is InChI=1S/C25H28N2O3/c28-23(20-13-12-18-7-4-5-8-19(18)17-20)14-15-24(29)27-16-6-11-22(27)25(30)26-21-9-2-1-3-10-21/h1-3,9-10,12-13,17,22H,4-8,11,14-16H2,(H,26,30)/t22-/m0/s1. The number of nitrogens with one attached hydrogen (secondary N) is 1. The zero-order valence-electron chi connectivity index (χ0n) is 17.2. The molecule has 2 aromatic rings. The molecule has 1 N–H and O–H groups in total. The van der Waals surface area contributed by atoms with Gasteiger partial charge < -0.3 is 10.2 Å². The molecule has 1 aliphatic carbocycles. The average Bonchev–Trinajstić information content (AvgIpc) is 3.28. The molecule has 0 spiro atoms. The highest BCUT2D eigenvalue weighted by atomic mass is 16.2. The number of anilines is 1. The fourth-order valence-electron chi connectivity index (χ4n) is 4.50. The van der Waals surface area contributed by atoms with Crippen LogP contribution in [-0.2, 0) is 22.4 Å². The number of ketones is 1. The molecule has 2 aromatic carbocycles. The number of hydrogen-bond donors (Lipinski definition) is 1. The second-order valence-corrected chi connectivity index (χ2v) is 8.21. The smallest absolute Gasteiger partial charge is 0.247 e. The van der Waals surface area contributed by atoms with E-state index in [0.29, 0.717) is 18.5 Å². The Morgan fingerprint density at radius 2 is 1.67 bits per heavy atom. The van der Waals surface area contributed by atoms with Crippen LogP contribution < -0.4 is 5.32 Å². The number of carbonyl (C=O) groups excluding carboxylic acids is 3. The fourth-order valence-corrected chi connectivity index (χ4v) is 4.50. The van der Waals surface area contributed by atoms with Gasteiger partial charge in [-0.3, -0.25) is 14.4 Å². The minimum atomic E-state index is -0.462. The summed E-state index contributed by atoms with van der Waals surface area (Å²) in [5.74, 6) is -0.277. The molecule has 5 heteroatoms. The number of benzene rings is 2. The molecular formula is C25H28N2O3. The van der Waals surface area contributed by atoms with E-state index in [1.54, 1.807) is 4.90 Å². The lowest BCUT2D eigenvalue weighted by Gasteiger charge is -2.24. The van der Waals surface area contributed by atoms with E-state index in [2.05, 4.69) is 11.4 Å². The number of likely N-dealkylation sites (tertiary alicyclic amines) is 1. The average molecular weight is 405 g/mol. The van der Waals surface area contributed by atoms with Crippen LogP contribution in [0.5, 0.6) is 0 Å². The van der Waals surface area contributed by atoms with Gasteiger partial charge in [-0.05, 0) is 67.9 Å². The number of amides is 2. The van der Waals surface area contributed by atoms with E-state index >= 15 is 0 Å². The Bertz CT molecular complexity index is 939. The minimum absolute atomic E-state index is 0.00112. The molecule has 0 unspecified atom stereocenters. The Kier molecular flexibility index (Phi) is 6.26. The van der Waals surface area contributed by atoms with Crippen molar-refractivity contribution in [2.75, 3.05) is 11.9 Å². The fraction of sp³-hybridized carbons (Fsp3) is 0.400. The molecule has 156 valence electrons. The molecule has 0 aromatic heterocycles. The van der Waals surface area contributed by atoms with Crippen LogP contribution in [0.1, 0.15) is 60.0 Å². The molecule has 1 fully saturated rings. The highest BCUT2D eigenvalue weighted by Gasteiger charge is 2.34. The van der Waals surface area contributed by atoms with Crippen LogP contribution in [0.4, 0.5) is 5.69 Å². The second kappa shape index (κ2) is 9.24. The Balaban J connectivity index is 1.33. The summed E-state index contributed by atoms with van der Waals surface area (Å²) < 4.78 is 0. The van der Waals surface area contributed by atoms with Crippen LogP contribution in [0, 0.1) is 0 Å². The van der Waals surface area contributed by atoms with Gasteiger partial charge in [0.25, 0.3) is 0 Å². The Morgan fingerprint density at radius 1 is 0.900 bits per heavy atom. The van der Waals surface area contributed by atoms with Crippen molar-refractivity contribution in [2.45, 2.75) is 57.4 Å². The van der Waals surface area contributed by atoms with Crippen molar-refractivity contribution >= 4 is 23.3 Å². The van der Waals surface area contributed by atoms with Gasteiger partial charge in [0.1, 0.15) is 6.04 Å². The summed E-state index contributed by atoms with van der Waals surface area (Å²) in [5, 5.41) is 2.89. The van der Waals surface area contributed by atoms with Crippen LogP contribution >= 0.6 is 0 Å². The van der Waals surface area contributed by atoms with Crippen LogP contribution in [0.15, 0.2) is 48.5 Å². The Labute approximate surface area is 177 Å². The summed E-state index contributed by atoms with van der Waals surface area (Å²) in [6.45, 7) is 0.568. The van der Waals surface area contributed by atoms with Gasteiger partial charge in [-0.25, -0.2) is 0 Å². The van der Waals surface area contributed by atoms with E-state index in [0.717, 1.165) is 24.9 Å². The van der Waals surface area contributed by atoms with Gasteiger partial charge >= 0.3 is 0 Å². The number of hydrogen-bond acceptors (Lipinski definition) is 3. The summed E-state index contributed by atoms with van der Waals surface area (Å²) in [5.41, 5.74) is 4.04. The van der Waals surface area contributed by atoms with Crippen molar-refractivity contribution in [3.8, 4) is 0 Å². The van der Waals surface area contributed by atoms with Crippen LogP contribution in [0.2, 0.25) is 0 Å². The van der Waals surface area contributed by atoms with Crippen molar-refractivity contribution in [3.05, 3.63) is 65.2 Å². The third kappa shape index (κ3) is 4.61. The monoisotopic (exact) mass is 404 g/mol. The first-order valence-corrected chi connectivity index (χ1v) is 10.9. The lowest BCUT2D eigenvalue weighted by atomic mass is 9.89. The van der Waals surface area contributed by atoms with Gasteiger partial charge in [0, 0.05) is 30.6 Å². The maximum atomic E-state index is 12.8. The summed E-state index contributed by atoms with van der Waals surface area (Å²) in [7, 11) is 0. The molecule has 1 aliphatic heterocycles. The predicted molar refractivity (Wildman–Crippen MR) is 116 cm³/mol. The third-order valence-electron chi connectivity index (χ3n) is 6.15. The number of para-hydroxylation sites is 1. The lowest BCUT2D eigenvalue weighted by molar-refractivity contribution is -0.136. The second-order valence-electron chi connectivity index (χ2n) is 8.21. The molecule has 0 saturated carbocycles. The molecule has 1 heterocycles. The Morgan fingerprint density at radius 3 is 2.47 bits per heavy atom. The van der Waals surface area contributed by atoms with Gasteiger partial charge in [-0.2, -0.15) is 0 Å². The molecule has 5 nitrogen and oxygen atoms in total. The molecule has 30 heavy (non-hydrogen) atoms. The summed E-state index contributed by atoms with van der Waals surface area (Å²) >= 11 is 0. The first kappa shape index (κ1) is 20.3. The first-order chi connectivity index (χ1) is 14.6. The van der Waals surface area contributed by atoms with Gasteiger partial charge in [0.15, 0.2) is 5.78 Å².